The maximum atomic E-state index is 12.8. The zero-order valence-corrected chi connectivity index (χ0v) is 15.4. The average molecular weight is 413 g/mol. The molecule has 2 N–H and O–H groups in total. The Morgan fingerprint density at radius 1 is 0.926 bits per heavy atom. The van der Waals surface area contributed by atoms with Gasteiger partial charge < -0.3 is 15.4 Å². The predicted octanol–water partition coefficient (Wildman–Crippen LogP) is 4.03. The van der Waals surface area contributed by atoms with E-state index < -0.39 is 30.2 Å². The number of ether oxygens (including phenoxy) is 1. The van der Waals surface area contributed by atoms with Gasteiger partial charge in [0.1, 0.15) is 5.82 Å². The van der Waals surface area contributed by atoms with Crippen LogP contribution in [0, 0.1) is 5.82 Å². The van der Waals surface area contributed by atoms with Gasteiger partial charge in [0.05, 0.1) is 22.2 Å². The molecule has 0 spiro atoms. The fourth-order valence-corrected chi connectivity index (χ4v) is 2.32. The van der Waals surface area contributed by atoms with Gasteiger partial charge in [-0.2, -0.15) is 0 Å². The van der Waals surface area contributed by atoms with Crippen molar-refractivity contribution in [2.24, 2.45) is 0 Å². The van der Waals surface area contributed by atoms with Gasteiger partial charge in [0.2, 0.25) is 5.91 Å². The Morgan fingerprint density at radius 3 is 2.33 bits per heavy atom. The van der Waals surface area contributed by atoms with E-state index in [0.29, 0.717) is 16.4 Å². The van der Waals surface area contributed by atoms with Gasteiger partial charge in [-0.1, -0.05) is 29.3 Å². The second kappa shape index (κ2) is 9.89. The van der Waals surface area contributed by atoms with Crippen molar-refractivity contribution in [3.05, 3.63) is 58.3 Å². The van der Waals surface area contributed by atoms with Crippen LogP contribution >= 0.6 is 23.2 Å². The van der Waals surface area contributed by atoms with Crippen LogP contribution in [0.1, 0.15) is 12.8 Å². The molecule has 0 fully saturated rings. The van der Waals surface area contributed by atoms with Gasteiger partial charge in [-0.3, -0.25) is 14.4 Å². The Kier molecular flexibility index (Phi) is 7.57. The minimum atomic E-state index is -0.711. The number of amides is 2. The summed E-state index contributed by atoms with van der Waals surface area (Å²) in [6.07, 6.45) is -0.366. The molecule has 27 heavy (non-hydrogen) atoms. The zero-order valence-electron chi connectivity index (χ0n) is 13.9. The lowest BCUT2D eigenvalue weighted by Crippen LogP contribution is -2.21. The highest BCUT2D eigenvalue weighted by molar-refractivity contribution is 6.43. The first-order valence-electron chi connectivity index (χ1n) is 7.80. The molecule has 0 unspecified atom stereocenters. The summed E-state index contributed by atoms with van der Waals surface area (Å²) in [5, 5.41) is 5.47. The van der Waals surface area contributed by atoms with Crippen molar-refractivity contribution >= 4 is 52.4 Å². The Balaban J connectivity index is 1.70. The molecule has 142 valence electrons. The maximum Gasteiger partial charge on any atom is 0.306 e. The van der Waals surface area contributed by atoms with E-state index in [9.17, 15) is 18.8 Å². The third-order valence-corrected chi connectivity index (χ3v) is 4.09. The van der Waals surface area contributed by atoms with Crippen LogP contribution in [0.5, 0.6) is 0 Å². The highest BCUT2D eigenvalue weighted by atomic mass is 35.5. The summed E-state index contributed by atoms with van der Waals surface area (Å²) in [5.74, 6) is -2.18. The third kappa shape index (κ3) is 6.88. The van der Waals surface area contributed by atoms with Crippen molar-refractivity contribution in [3.8, 4) is 0 Å². The molecule has 0 aliphatic heterocycles. The first kappa shape index (κ1) is 20.7. The summed E-state index contributed by atoms with van der Waals surface area (Å²) in [6.45, 7) is -0.516. The number of rotatable bonds is 7. The second-order valence-corrected chi connectivity index (χ2v) is 6.15. The first-order valence-corrected chi connectivity index (χ1v) is 8.55. The van der Waals surface area contributed by atoms with E-state index in [1.807, 2.05) is 0 Å². The molecule has 2 aromatic rings. The molecule has 0 radical (unpaired) electrons. The van der Waals surface area contributed by atoms with Crippen molar-refractivity contribution in [2.45, 2.75) is 12.8 Å². The quantitative estimate of drug-likeness (QED) is 0.672. The summed E-state index contributed by atoms with van der Waals surface area (Å²) < 4.78 is 17.6. The number of carbonyl (C=O) groups excluding carboxylic acids is 3. The minimum Gasteiger partial charge on any atom is -0.456 e. The Bertz CT molecular complexity index is 844. The Hall–Kier alpha value is -2.64. The topological polar surface area (TPSA) is 84.5 Å². The van der Waals surface area contributed by atoms with Crippen molar-refractivity contribution in [1.29, 1.82) is 0 Å². The molecule has 0 aromatic heterocycles. The maximum absolute atomic E-state index is 12.8. The predicted molar refractivity (Wildman–Crippen MR) is 100 cm³/mol. The second-order valence-electron chi connectivity index (χ2n) is 5.37. The lowest BCUT2D eigenvalue weighted by Gasteiger charge is -2.08. The Labute approximate surface area is 164 Å². The molecular formula is C18H15Cl2FN2O4. The minimum absolute atomic E-state index is 0.152. The molecule has 6 nitrogen and oxygen atoms in total. The largest absolute Gasteiger partial charge is 0.456 e. The SMILES string of the molecule is O=C(COC(=O)CCC(=O)Nc1cccc(Cl)c1Cl)Nc1ccc(F)cc1. The molecule has 0 saturated carbocycles. The fourth-order valence-electron chi connectivity index (χ4n) is 1.98. The van der Waals surface area contributed by atoms with Crippen molar-refractivity contribution in [1.82, 2.24) is 0 Å². The summed E-state index contributed by atoms with van der Waals surface area (Å²) >= 11 is 11.8. The average Bonchev–Trinajstić information content (AvgIpc) is 2.64. The van der Waals surface area contributed by atoms with E-state index in [4.69, 9.17) is 27.9 Å². The molecule has 0 bridgehead atoms. The molecule has 9 heteroatoms. The summed E-state index contributed by atoms with van der Waals surface area (Å²) in [5.41, 5.74) is 0.705. The van der Waals surface area contributed by atoms with E-state index in [2.05, 4.69) is 10.6 Å². The molecule has 2 amide bonds. The van der Waals surface area contributed by atoms with E-state index in [-0.39, 0.29) is 17.9 Å². The van der Waals surface area contributed by atoms with Crippen LogP contribution in [0.4, 0.5) is 15.8 Å². The zero-order chi connectivity index (χ0) is 19.8. The number of carbonyl (C=O) groups is 3. The molecule has 2 rings (SSSR count). The van der Waals surface area contributed by atoms with Gasteiger partial charge in [0.15, 0.2) is 6.61 Å². The summed E-state index contributed by atoms with van der Waals surface area (Å²) in [4.78, 5) is 35.2. The molecule has 0 aliphatic carbocycles. The number of anilines is 2. The number of benzene rings is 2. The number of esters is 1. The third-order valence-electron chi connectivity index (χ3n) is 3.27. The highest BCUT2D eigenvalue weighted by Crippen LogP contribution is 2.29. The molecule has 0 aliphatic rings. The van der Waals surface area contributed by atoms with Crippen LogP contribution in [-0.2, 0) is 19.1 Å². The van der Waals surface area contributed by atoms with E-state index in [1.54, 1.807) is 18.2 Å². The normalized spacial score (nSPS) is 10.2. The highest BCUT2D eigenvalue weighted by Gasteiger charge is 2.12. The monoisotopic (exact) mass is 412 g/mol. The van der Waals surface area contributed by atoms with Gasteiger partial charge in [-0.25, -0.2) is 4.39 Å². The molecule has 0 atom stereocenters. The van der Waals surface area contributed by atoms with Crippen molar-refractivity contribution in [3.63, 3.8) is 0 Å². The molecular weight excluding hydrogens is 398 g/mol. The first-order chi connectivity index (χ1) is 12.8. The van der Waals surface area contributed by atoms with Crippen LogP contribution < -0.4 is 10.6 Å². The lowest BCUT2D eigenvalue weighted by molar-refractivity contribution is -0.147. The van der Waals surface area contributed by atoms with E-state index >= 15 is 0 Å². The molecule has 0 saturated heterocycles. The van der Waals surface area contributed by atoms with Crippen LogP contribution in [0.25, 0.3) is 0 Å². The lowest BCUT2D eigenvalue weighted by atomic mass is 10.2. The van der Waals surface area contributed by atoms with Crippen LogP contribution in [0.2, 0.25) is 10.0 Å². The number of hydrogen-bond acceptors (Lipinski definition) is 4. The molecule has 2 aromatic carbocycles. The van der Waals surface area contributed by atoms with Crippen LogP contribution in [-0.4, -0.2) is 24.4 Å². The summed E-state index contributed by atoms with van der Waals surface area (Å²) in [7, 11) is 0. The van der Waals surface area contributed by atoms with Crippen LogP contribution in [0.3, 0.4) is 0 Å². The van der Waals surface area contributed by atoms with Gasteiger partial charge in [0, 0.05) is 12.1 Å². The van der Waals surface area contributed by atoms with Crippen LogP contribution in [0.15, 0.2) is 42.5 Å². The molecule has 0 heterocycles. The standard InChI is InChI=1S/C18H15Cl2FN2O4/c19-13-2-1-3-14(18(13)20)23-15(24)8-9-17(26)27-10-16(25)22-12-6-4-11(21)5-7-12/h1-7H,8-10H2,(H,22,25)(H,23,24). The smallest absolute Gasteiger partial charge is 0.306 e. The van der Waals surface area contributed by atoms with Gasteiger partial charge in [0.25, 0.3) is 5.91 Å². The van der Waals surface area contributed by atoms with E-state index in [1.165, 1.54) is 24.3 Å². The number of nitrogens with one attached hydrogen (secondary N) is 2. The van der Waals surface area contributed by atoms with Crippen molar-refractivity contribution < 1.29 is 23.5 Å². The van der Waals surface area contributed by atoms with Gasteiger partial charge in [-0.05, 0) is 36.4 Å². The van der Waals surface area contributed by atoms with Gasteiger partial charge in [-0.15, -0.1) is 0 Å². The van der Waals surface area contributed by atoms with E-state index in [0.717, 1.165) is 0 Å². The Morgan fingerprint density at radius 2 is 1.63 bits per heavy atom. The number of hydrogen-bond donors (Lipinski definition) is 2. The number of halogens is 3. The van der Waals surface area contributed by atoms with Gasteiger partial charge >= 0.3 is 5.97 Å². The fraction of sp³-hybridized carbons (Fsp3) is 0.167. The van der Waals surface area contributed by atoms with Crippen molar-refractivity contribution in [2.75, 3.05) is 17.2 Å². The summed E-state index contributed by atoms with van der Waals surface area (Å²) in [6, 6.07) is 9.90.